The van der Waals surface area contributed by atoms with Gasteiger partial charge >= 0.3 is 6.18 Å². The number of nitrogens with zero attached hydrogens (tertiary/aromatic N) is 4. The average Bonchev–Trinajstić information content (AvgIpc) is 3.19. The predicted molar refractivity (Wildman–Crippen MR) is 101 cm³/mol. The fourth-order valence-electron chi connectivity index (χ4n) is 3.50. The molecule has 0 bridgehead atoms. The Bertz CT molecular complexity index is 929. The molecule has 0 saturated carbocycles. The van der Waals surface area contributed by atoms with Crippen LogP contribution in [0, 0.1) is 5.92 Å². The van der Waals surface area contributed by atoms with E-state index < -0.39 is 18.0 Å². The van der Waals surface area contributed by atoms with Gasteiger partial charge in [0.15, 0.2) is 5.82 Å². The second-order valence-electron chi connectivity index (χ2n) is 7.00. The van der Waals surface area contributed by atoms with Crippen LogP contribution in [-0.4, -0.2) is 44.8 Å². The molecule has 1 aromatic heterocycles. The Balaban J connectivity index is 1.69. The smallest absolute Gasteiger partial charge is 0.335 e. The van der Waals surface area contributed by atoms with Gasteiger partial charge in [-0.25, -0.2) is 9.67 Å². The van der Waals surface area contributed by atoms with Gasteiger partial charge in [0.2, 0.25) is 5.82 Å². The number of rotatable bonds is 3. The largest absolute Gasteiger partial charge is 0.393 e. The minimum atomic E-state index is -4.31. The summed E-state index contributed by atoms with van der Waals surface area (Å²) in [6.45, 7) is -0.0885. The maximum Gasteiger partial charge on any atom is 0.393 e. The van der Waals surface area contributed by atoms with Gasteiger partial charge in [0, 0.05) is 18.7 Å². The molecule has 1 fully saturated rings. The standard InChI is InChI=1S/C21H19F3N4O/c22-21(23,24)16-10-7-13-27(14-16)20(29)18-25-19(15-8-3-1-4-9-15)28(26-18)17-11-5-2-6-12-17/h1-6,8-9,11-12,16H,7,10,13-14H2. The average molecular weight is 400 g/mol. The molecule has 0 spiro atoms. The van der Waals surface area contributed by atoms with Crippen LogP contribution < -0.4 is 0 Å². The Morgan fingerprint density at radius 3 is 2.31 bits per heavy atom. The summed E-state index contributed by atoms with van der Waals surface area (Å²) in [6.07, 6.45) is -3.97. The molecule has 0 aliphatic carbocycles. The van der Waals surface area contributed by atoms with Crippen molar-refractivity contribution in [3.8, 4) is 17.1 Å². The van der Waals surface area contributed by atoms with Crippen molar-refractivity contribution < 1.29 is 18.0 Å². The third-order valence-corrected chi connectivity index (χ3v) is 5.00. The summed E-state index contributed by atoms with van der Waals surface area (Å²) < 4.78 is 40.9. The lowest BCUT2D eigenvalue weighted by Gasteiger charge is -2.33. The van der Waals surface area contributed by atoms with Crippen molar-refractivity contribution in [1.82, 2.24) is 19.7 Å². The molecule has 2 heterocycles. The van der Waals surface area contributed by atoms with Crippen LogP contribution in [0.3, 0.4) is 0 Å². The molecule has 1 saturated heterocycles. The first-order valence-electron chi connectivity index (χ1n) is 9.37. The van der Waals surface area contributed by atoms with Crippen molar-refractivity contribution in [1.29, 1.82) is 0 Å². The lowest BCUT2D eigenvalue weighted by atomic mass is 9.97. The summed E-state index contributed by atoms with van der Waals surface area (Å²) in [6, 6.07) is 18.4. The zero-order chi connectivity index (χ0) is 20.4. The van der Waals surface area contributed by atoms with Gasteiger partial charge in [0.25, 0.3) is 5.91 Å². The molecule has 1 amide bonds. The Morgan fingerprint density at radius 2 is 1.66 bits per heavy atom. The van der Waals surface area contributed by atoms with Gasteiger partial charge in [-0.2, -0.15) is 13.2 Å². The van der Waals surface area contributed by atoms with Gasteiger partial charge in [-0.05, 0) is 25.0 Å². The van der Waals surface area contributed by atoms with Gasteiger partial charge in [0.05, 0.1) is 11.6 Å². The maximum absolute atomic E-state index is 13.1. The molecular weight excluding hydrogens is 381 g/mol. The summed E-state index contributed by atoms with van der Waals surface area (Å²) in [7, 11) is 0. The van der Waals surface area contributed by atoms with Gasteiger partial charge in [-0.3, -0.25) is 4.79 Å². The van der Waals surface area contributed by atoms with Crippen LogP contribution in [0.25, 0.3) is 17.1 Å². The molecule has 0 N–H and O–H groups in total. The quantitative estimate of drug-likeness (QED) is 0.657. The summed E-state index contributed by atoms with van der Waals surface area (Å²) in [5, 5.41) is 4.35. The number of hydrogen-bond acceptors (Lipinski definition) is 3. The minimum absolute atomic E-state index is 0.0361. The molecule has 150 valence electrons. The van der Waals surface area contributed by atoms with E-state index >= 15 is 0 Å². The van der Waals surface area contributed by atoms with Gasteiger partial charge in [-0.15, -0.1) is 5.10 Å². The predicted octanol–water partition coefficient (Wildman–Crippen LogP) is 4.35. The fourth-order valence-corrected chi connectivity index (χ4v) is 3.50. The van der Waals surface area contributed by atoms with Crippen molar-refractivity contribution in [2.24, 2.45) is 5.92 Å². The van der Waals surface area contributed by atoms with Crippen LogP contribution in [-0.2, 0) is 0 Å². The van der Waals surface area contributed by atoms with Gasteiger partial charge in [-0.1, -0.05) is 48.5 Å². The highest BCUT2D eigenvalue weighted by molar-refractivity contribution is 5.91. The normalized spacial score (nSPS) is 17.3. The lowest BCUT2D eigenvalue weighted by Crippen LogP contribution is -2.44. The van der Waals surface area contributed by atoms with Crippen molar-refractivity contribution in [3.63, 3.8) is 0 Å². The zero-order valence-electron chi connectivity index (χ0n) is 15.5. The second-order valence-corrected chi connectivity index (χ2v) is 7.00. The lowest BCUT2D eigenvalue weighted by molar-refractivity contribution is -0.184. The number of piperidine rings is 1. The Hall–Kier alpha value is -3.16. The Kier molecular flexibility index (Phi) is 5.08. The molecule has 4 rings (SSSR count). The number of hydrogen-bond donors (Lipinski definition) is 0. The number of alkyl halides is 3. The summed E-state index contributed by atoms with van der Waals surface area (Å²) in [5.74, 6) is -1.73. The topological polar surface area (TPSA) is 51.0 Å². The highest BCUT2D eigenvalue weighted by atomic mass is 19.4. The first-order valence-corrected chi connectivity index (χ1v) is 9.37. The van der Waals surface area contributed by atoms with E-state index in [-0.39, 0.29) is 25.3 Å². The molecule has 1 unspecified atom stereocenters. The van der Waals surface area contributed by atoms with Crippen molar-refractivity contribution in [2.75, 3.05) is 13.1 Å². The number of benzene rings is 2. The van der Waals surface area contributed by atoms with E-state index in [4.69, 9.17) is 0 Å². The van der Waals surface area contributed by atoms with Crippen LogP contribution in [0.5, 0.6) is 0 Å². The first-order chi connectivity index (χ1) is 13.9. The molecule has 29 heavy (non-hydrogen) atoms. The SMILES string of the molecule is O=C(c1nc(-c2ccccc2)n(-c2ccccc2)n1)N1CCCC(C(F)(F)F)C1. The number of halogens is 3. The molecule has 5 nitrogen and oxygen atoms in total. The minimum Gasteiger partial charge on any atom is -0.335 e. The third-order valence-electron chi connectivity index (χ3n) is 5.00. The van der Waals surface area contributed by atoms with E-state index in [1.807, 2.05) is 60.7 Å². The number of carbonyl (C=O) groups excluding carboxylic acids is 1. The molecular formula is C21H19F3N4O. The van der Waals surface area contributed by atoms with Crippen LogP contribution in [0.4, 0.5) is 13.2 Å². The number of amides is 1. The Morgan fingerprint density at radius 1 is 1.00 bits per heavy atom. The monoisotopic (exact) mass is 400 g/mol. The molecule has 1 aliphatic heterocycles. The number of carbonyl (C=O) groups is 1. The van der Waals surface area contributed by atoms with Crippen molar-refractivity contribution >= 4 is 5.91 Å². The van der Waals surface area contributed by atoms with Gasteiger partial charge < -0.3 is 4.90 Å². The number of aromatic nitrogens is 3. The van der Waals surface area contributed by atoms with Crippen LogP contribution in [0.2, 0.25) is 0 Å². The van der Waals surface area contributed by atoms with E-state index in [1.54, 1.807) is 4.68 Å². The van der Waals surface area contributed by atoms with E-state index in [0.29, 0.717) is 17.9 Å². The second kappa shape index (κ2) is 7.69. The van der Waals surface area contributed by atoms with Crippen LogP contribution in [0.1, 0.15) is 23.5 Å². The molecule has 8 heteroatoms. The molecule has 2 aromatic carbocycles. The maximum atomic E-state index is 13.1. The Labute approximate surface area is 165 Å². The first kappa shape index (κ1) is 19.2. The summed E-state index contributed by atoms with van der Waals surface area (Å²) in [5.41, 5.74) is 1.47. The van der Waals surface area contributed by atoms with Crippen molar-refractivity contribution in [3.05, 3.63) is 66.5 Å². The molecule has 3 aromatic rings. The van der Waals surface area contributed by atoms with Crippen LogP contribution in [0.15, 0.2) is 60.7 Å². The molecule has 1 atom stereocenters. The molecule has 0 radical (unpaired) electrons. The summed E-state index contributed by atoms with van der Waals surface area (Å²) in [4.78, 5) is 18.5. The highest BCUT2D eigenvalue weighted by Crippen LogP contribution is 2.33. The van der Waals surface area contributed by atoms with Crippen molar-refractivity contribution in [2.45, 2.75) is 19.0 Å². The van der Waals surface area contributed by atoms with E-state index in [2.05, 4.69) is 10.1 Å². The van der Waals surface area contributed by atoms with E-state index in [9.17, 15) is 18.0 Å². The molecule has 1 aliphatic rings. The fraction of sp³-hybridized carbons (Fsp3) is 0.286. The third kappa shape index (κ3) is 4.01. The van der Waals surface area contributed by atoms with E-state index in [1.165, 1.54) is 4.90 Å². The number of para-hydroxylation sites is 1. The summed E-state index contributed by atoms with van der Waals surface area (Å²) >= 11 is 0. The van der Waals surface area contributed by atoms with E-state index in [0.717, 1.165) is 5.56 Å². The highest BCUT2D eigenvalue weighted by Gasteiger charge is 2.43. The zero-order valence-corrected chi connectivity index (χ0v) is 15.5. The van der Waals surface area contributed by atoms with Gasteiger partial charge in [0.1, 0.15) is 0 Å². The van der Waals surface area contributed by atoms with Crippen LogP contribution >= 0.6 is 0 Å². The number of likely N-dealkylation sites (tertiary alicyclic amines) is 1.